The van der Waals surface area contributed by atoms with E-state index in [1.165, 1.54) is 24.0 Å². The monoisotopic (exact) mass is 412 g/mol. The van der Waals surface area contributed by atoms with E-state index < -0.39 is 16.8 Å². The number of ether oxygens (including phenoxy) is 2. The molecule has 6 aliphatic rings. The molecule has 4 heteroatoms. The van der Waals surface area contributed by atoms with E-state index in [1.807, 2.05) is 20.1 Å². The Morgan fingerprint density at radius 3 is 2.80 bits per heavy atom. The predicted octanol–water partition coefficient (Wildman–Crippen LogP) is 4.87. The van der Waals surface area contributed by atoms with Crippen molar-refractivity contribution in [2.75, 3.05) is 7.11 Å². The maximum Gasteiger partial charge on any atom is 0.166 e. The lowest BCUT2D eigenvalue weighted by Gasteiger charge is -2.77. The molecule has 1 aromatic carbocycles. The number of phenolic OH excluding ortho intramolecular Hbond substituents is 1. The van der Waals surface area contributed by atoms with Crippen molar-refractivity contribution in [3.8, 4) is 11.5 Å². The molecule has 0 saturated heterocycles. The van der Waals surface area contributed by atoms with Crippen LogP contribution in [0.15, 0.2) is 12.1 Å². The summed E-state index contributed by atoms with van der Waals surface area (Å²) in [4.78, 5) is 0. The fourth-order valence-corrected chi connectivity index (χ4v) is 9.85. The van der Waals surface area contributed by atoms with Crippen molar-refractivity contribution in [2.24, 2.45) is 17.3 Å². The molecule has 4 fully saturated rings. The van der Waals surface area contributed by atoms with Crippen LogP contribution >= 0.6 is 0 Å². The number of benzene rings is 1. The Hall–Kier alpha value is -1.26. The van der Waals surface area contributed by atoms with E-state index in [2.05, 4.69) is 19.9 Å². The minimum atomic E-state index is -0.794. The van der Waals surface area contributed by atoms with Crippen molar-refractivity contribution in [3.05, 3.63) is 23.3 Å². The first-order valence-corrected chi connectivity index (χ1v) is 12.0. The summed E-state index contributed by atoms with van der Waals surface area (Å²) in [5, 5.41) is 22.6. The largest absolute Gasteiger partial charge is 0.504 e. The lowest BCUT2D eigenvalue weighted by molar-refractivity contribution is -0.335. The molecule has 7 atom stereocenters. The molecule has 1 aliphatic heterocycles. The molecular weight excluding hydrogens is 376 g/mol. The average Bonchev–Trinajstić information content (AvgIpc) is 2.99. The van der Waals surface area contributed by atoms with Gasteiger partial charge in [0.05, 0.1) is 5.60 Å². The predicted molar refractivity (Wildman–Crippen MR) is 115 cm³/mol. The first-order valence-electron chi connectivity index (χ1n) is 12.0. The van der Waals surface area contributed by atoms with Crippen LogP contribution in [-0.4, -0.2) is 34.1 Å². The summed E-state index contributed by atoms with van der Waals surface area (Å²) in [7, 11) is 1.82. The van der Waals surface area contributed by atoms with Gasteiger partial charge in [-0.15, -0.1) is 0 Å². The highest BCUT2D eigenvalue weighted by molar-refractivity contribution is 5.64. The molecule has 4 nitrogen and oxygen atoms in total. The summed E-state index contributed by atoms with van der Waals surface area (Å²) in [5.41, 5.74) is 0.718. The molecule has 4 bridgehead atoms. The number of methoxy groups -OCH3 is 1. The van der Waals surface area contributed by atoms with Crippen LogP contribution < -0.4 is 4.74 Å². The topological polar surface area (TPSA) is 58.9 Å². The van der Waals surface area contributed by atoms with Crippen LogP contribution in [0.4, 0.5) is 0 Å². The average molecular weight is 413 g/mol. The second-order valence-corrected chi connectivity index (χ2v) is 11.4. The highest BCUT2D eigenvalue weighted by atomic mass is 16.6. The molecule has 5 aliphatic carbocycles. The van der Waals surface area contributed by atoms with E-state index in [1.54, 1.807) is 0 Å². The maximum atomic E-state index is 11.8. The normalized spacial score (nSPS) is 46.8. The molecule has 0 amide bonds. The van der Waals surface area contributed by atoms with E-state index in [4.69, 9.17) is 9.47 Å². The van der Waals surface area contributed by atoms with Crippen LogP contribution in [0.2, 0.25) is 0 Å². The van der Waals surface area contributed by atoms with E-state index in [-0.39, 0.29) is 22.5 Å². The molecule has 0 aromatic heterocycles. The Bertz CT molecular complexity index is 924. The molecule has 1 aromatic rings. The minimum absolute atomic E-state index is 0.0282. The van der Waals surface area contributed by atoms with Crippen molar-refractivity contribution in [3.63, 3.8) is 0 Å². The Balaban J connectivity index is 1.68. The van der Waals surface area contributed by atoms with E-state index in [0.29, 0.717) is 11.7 Å². The van der Waals surface area contributed by atoms with Gasteiger partial charge < -0.3 is 19.7 Å². The minimum Gasteiger partial charge on any atom is -0.504 e. The summed E-state index contributed by atoms with van der Waals surface area (Å²) in [5.74, 6) is 1.62. The Labute approximate surface area is 180 Å². The molecule has 2 spiro atoms. The summed E-state index contributed by atoms with van der Waals surface area (Å²) in [6.07, 6.45) is 9.43. The van der Waals surface area contributed by atoms with E-state index in [9.17, 15) is 10.2 Å². The van der Waals surface area contributed by atoms with Gasteiger partial charge in [-0.25, -0.2) is 0 Å². The molecule has 2 N–H and O–H groups in total. The molecule has 1 heterocycles. The second kappa shape index (κ2) is 5.56. The summed E-state index contributed by atoms with van der Waals surface area (Å²) in [6, 6.07) is 3.97. The Morgan fingerprint density at radius 1 is 1.27 bits per heavy atom. The first-order chi connectivity index (χ1) is 14.2. The number of aliphatic hydroxyl groups is 1. The summed E-state index contributed by atoms with van der Waals surface area (Å²) < 4.78 is 13.5. The molecule has 30 heavy (non-hydrogen) atoms. The number of fused-ring (bicyclic) bond motifs is 2. The molecule has 4 saturated carbocycles. The van der Waals surface area contributed by atoms with Crippen molar-refractivity contribution in [1.29, 1.82) is 0 Å². The summed E-state index contributed by atoms with van der Waals surface area (Å²) in [6.45, 7) is 6.44. The van der Waals surface area contributed by atoms with Crippen LogP contribution in [0.1, 0.15) is 83.3 Å². The number of aromatic hydroxyl groups is 1. The number of hydrogen-bond acceptors (Lipinski definition) is 4. The van der Waals surface area contributed by atoms with Gasteiger partial charge in [0.2, 0.25) is 0 Å². The lowest BCUT2D eigenvalue weighted by atomic mass is 9.28. The van der Waals surface area contributed by atoms with Crippen molar-refractivity contribution < 1.29 is 19.7 Å². The molecule has 0 radical (unpaired) electrons. The highest BCUT2D eigenvalue weighted by Crippen LogP contribution is 2.82. The third-order valence-electron chi connectivity index (χ3n) is 10.7. The van der Waals surface area contributed by atoms with Gasteiger partial charge in [0, 0.05) is 24.0 Å². The van der Waals surface area contributed by atoms with Gasteiger partial charge in [-0.3, -0.25) is 0 Å². The lowest BCUT2D eigenvalue weighted by Crippen LogP contribution is -2.84. The molecule has 7 rings (SSSR count). The number of phenols is 1. The fourth-order valence-electron chi connectivity index (χ4n) is 9.85. The second-order valence-electron chi connectivity index (χ2n) is 11.4. The van der Waals surface area contributed by atoms with Crippen molar-refractivity contribution in [1.82, 2.24) is 0 Å². The zero-order valence-electron chi connectivity index (χ0n) is 18.9. The van der Waals surface area contributed by atoms with Gasteiger partial charge in [-0.2, -0.15) is 0 Å². The van der Waals surface area contributed by atoms with Crippen LogP contribution in [0, 0.1) is 17.3 Å². The standard InChI is InChI=1S/C26H36O4/c1-5-10-22(2,28)19-15-24-12-13-26(19,29-4)23(3)25(24)11-6-7-17(24)14-16-8-9-18(27)21(30-23)20(16)25/h8-9,17,19,27-28H,5-7,10-15H2,1-4H3/t17-,19?,22+,23+,24-,25+,26-/m1/s1. The first kappa shape index (κ1) is 19.4. The Kier molecular flexibility index (Phi) is 3.60. The van der Waals surface area contributed by atoms with Crippen LogP contribution in [-0.2, 0) is 16.6 Å². The van der Waals surface area contributed by atoms with Crippen LogP contribution in [0.5, 0.6) is 11.5 Å². The van der Waals surface area contributed by atoms with Crippen LogP contribution in [0.3, 0.4) is 0 Å². The van der Waals surface area contributed by atoms with Gasteiger partial charge >= 0.3 is 0 Å². The smallest absolute Gasteiger partial charge is 0.166 e. The van der Waals surface area contributed by atoms with Crippen LogP contribution in [0.25, 0.3) is 0 Å². The summed E-state index contributed by atoms with van der Waals surface area (Å²) >= 11 is 0. The van der Waals surface area contributed by atoms with Gasteiger partial charge in [0.25, 0.3) is 0 Å². The van der Waals surface area contributed by atoms with Gasteiger partial charge in [-0.1, -0.05) is 25.8 Å². The zero-order chi connectivity index (χ0) is 21.2. The third-order valence-corrected chi connectivity index (χ3v) is 10.7. The maximum absolute atomic E-state index is 11.8. The van der Waals surface area contributed by atoms with Crippen molar-refractivity contribution in [2.45, 2.75) is 101 Å². The van der Waals surface area contributed by atoms with E-state index in [0.717, 1.165) is 44.9 Å². The highest BCUT2D eigenvalue weighted by Gasteiger charge is 2.85. The van der Waals surface area contributed by atoms with Gasteiger partial charge in [0.15, 0.2) is 11.5 Å². The number of hydrogen-bond donors (Lipinski definition) is 2. The van der Waals surface area contributed by atoms with E-state index >= 15 is 0 Å². The SMILES string of the molecule is CCC[C@](C)(O)C1C[C@@]23CC[C@]1(OC)[C@@]1(C)Oc4c(O)ccc5c4[C@]21CCC[C@@H]3C5. The van der Waals surface area contributed by atoms with Crippen molar-refractivity contribution >= 4 is 0 Å². The quantitative estimate of drug-likeness (QED) is 0.740. The zero-order valence-corrected chi connectivity index (χ0v) is 18.9. The van der Waals surface area contributed by atoms with Gasteiger partial charge in [-0.05, 0) is 81.8 Å². The number of rotatable bonds is 4. The molecule has 164 valence electrons. The van der Waals surface area contributed by atoms with Gasteiger partial charge in [0.1, 0.15) is 11.2 Å². The Morgan fingerprint density at radius 2 is 2.07 bits per heavy atom. The molecular formula is C26H36O4. The fraction of sp³-hybridized carbons (Fsp3) is 0.769. The molecule has 1 unspecified atom stereocenters. The third kappa shape index (κ3) is 1.71.